The molecule has 18 heavy (non-hydrogen) atoms. The van der Waals surface area contributed by atoms with Gasteiger partial charge in [-0.15, -0.1) is 0 Å². The topological polar surface area (TPSA) is 32.3 Å². The first-order valence-corrected chi connectivity index (χ1v) is 7.36. The quantitative estimate of drug-likeness (QED) is 0.712. The van der Waals surface area contributed by atoms with E-state index < -0.39 is 0 Å². The summed E-state index contributed by atoms with van der Waals surface area (Å²) in [5.41, 5.74) is 3.65. The molecule has 1 unspecified atom stereocenters. The zero-order valence-corrected chi connectivity index (χ0v) is 11.4. The Hall–Kier alpha value is -1.02. The molecule has 0 radical (unpaired) electrons. The van der Waals surface area contributed by atoms with Crippen molar-refractivity contribution in [3.63, 3.8) is 0 Å². The predicted octanol–water partition coefficient (Wildman–Crippen LogP) is 4.05. The van der Waals surface area contributed by atoms with Crippen molar-refractivity contribution in [1.29, 1.82) is 0 Å². The second kappa shape index (κ2) is 6.79. The van der Waals surface area contributed by atoms with Gasteiger partial charge in [-0.25, -0.2) is 0 Å². The average molecular weight is 247 g/mol. The first-order valence-electron chi connectivity index (χ1n) is 7.36. The number of unbranched alkanes of at least 4 members (excludes halogenated alkanes) is 4. The molecule has 0 amide bonds. The fraction of sp³-hybridized carbons (Fsp3) is 0.625. The molecule has 100 valence electrons. The van der Waals surface area contributed by atoms with Crippen LogP contribution in [0.5, 0.6) is 0 Å². The molecular weight excluding hydrogens is 222 g/mol. The summed E-state index contributed by atoms with van der Waals surface area (Å²) < 4.78 is 0. The third kappa shape index (κ3) is 3.26. The van der Waals surface area contributed by atoms with Gasteiger partial charge in [0.2, 0.25) is 0 Å². The summed E-state index contributed by atoms with van der Waals surface area (Å²) in [6, 6.07) is 6.29. The molecule has 2 nitrogen and oxygen atoms in total. The molecule has 2 heteroatoms. The lowest BCUT2D eigenvalue weighted by Gasteiger charge is -2.15. The van der Waals surface area contributed by atoms with Gasteiger partial charge in [0.15, 0.2) is 0 Å². The lowest BCUT2D eigenvalue weighted by atomic mass is 9.98. The molecule has 0 saturated carbocycles. The molecule has 2 rings (SSSR count). The molecule has 0 aliphatic carbocycles. The van der Waals surface area contributed by atoms with Gasteiger partial charge in [0, 0.05) is 17.8 Å². The zero-order chi connectivity index (χ0) is 12.8. The van der Waals surface area contributed by atoms with Crippen LogP contribution >= 0.6 is 0 Å². The van der Waals surface area contributed by atoms with Gasteiger partial charge in [-0.05, 0) is 18.4 Å². The molecular formula is C16H25NO. The molecule has 2 N–H and O–H groups in total. The largest absolute Gasteiger partial charge is 0.388 e. The van der Waals surface area contributed by atoms with Crippen LogP contribution in [-0.2, 0) is 6.42 Å². The third-order valence-corrected chi connectivity index (χ3v) is 3.82. The Kier molecular flexibility index (Phi) is 5.06. The van der Waals surface area contributed by atoms with Crippen molar-refractivity contribution in [2.24, 2.45) is 0 Å². The maximum Gasteiger partial charge on any atom is 0.0810 e. The molecule has 1 aliphatic heterocycles. The highest BCUT2D eigenvalue weighted by molar-refractivity contribution is 5.61. The minimum atomic E-state index is -0.299. The van der Waals surface area contributed by atoms with Crippen LogP contribution < -0.4 is 5.32 Å². The maximum absolute atomic E-state index is 10.3. The Bertz CT molecular complexity index is 375. The molecule has 0 fully saturated rings. The van der Waals surface area contributed by atoms with Gasteiger partial charge < -0.3 is 10.4 Å². The van der Waals surface area contributed by atoms with Crippen molar-refractivity contribution in [3.05, 3.63) is 29.3 Å². The Labute approximate surface area is 110 Å². The number of fused-ring (bicyclic) bond motifs is 1. The van der Waals surface area contributed by atoms with E-state index in [1.54, 1.807) is 0 Å². The van der Waals surface area contributed by atoms with Crippen LogP contribution in [0.3, 0.4) is 0 Å². The summed E-state index contributed by atoms with van der Waals surface area (Å²) in [5.74, 6) is 0. The highest BCUT2D eigenvalue weighted by atomic mass is 16.3. The summed E-state index contributed by atoms with van der Waals surface area (Å²) >= 11 is 0. The minimum Gasteiger partial charge on any atom is -0.388 e. The third-order valence-electron chi connectivity index (χ3n) is 3.82. The number of anilines is 1. The number of rotatable bonds is 7. The second-order valence-electron chi connectivity index (χ2n) is 5.28. The number of para-hydroxylation sites is 1. The Morgan fingerprint density at radius 2 is 2.06 bits per heavy atom. The number of aliphatic hydroxyl groups is 1. The highest BCUT2D eigenvalue weighted by Gasteiger charge is 2.18. The van der Waals surface area contributed by atoms with Crippen molar-refractivity contribution in [1.82, 2.24) is 0 Å². The summed E-state index contributed by atoms with van der Waals surface area (Å²) in [7, 11) is 0. The summed E-state index contributed by atoms with van der Waals surface area (Å²) in [6.07, 6.45) is 7.95. The molecule has 1 aromatic rings. The fourth-order valence-electron chi connectivity index (χ4n) is 2.74. The first-order chi connectivity index (χ1) is 8.83. The molecule has 1 atom stereocenters. The maximum atomic E-state index is 10.3. The number of hydrogen-bond acceptors (Lipinski definition) is 2. The van der Waals surface area contributed by atoms with E-state index in [0.29, 0.717) is 0 Å². The Morgan fingerprint density at radius 3 is 2.89 bits per heavy atom. The normalized spacial score (nSPS) is 15.2. The Balaban J connectivity index is 1.85. The number of hydrogen-bond donors (Lipinski definition) is 2. The molecule has 0 saturated heterocycles. The fourth-order valence-corrected chi connectivity index (χ4v) is 2.74. The first kappa shape index (κ1) is 13.4. The van der Waals surface area contributed by atoms with Gasteiger partial charge in [0.1, 0.15) is 0 Å². The monoisotopic (exact) mass is 247 g/mol. The van der Waals surface area contributed by atoms with Crippen molar-refractivity contribution >= 4 is 5.69 Å². The SMILES string of the molecule is CCCCCCCC(O)c1cccc2c1NCC2. The summed E-state index contributed by atoms with van der Waals surface area (Å²) in [4.78, 5) is 0. The van der Waals surface area contributed by atoms with Crippen molar-refractivity contribution in [2.75, 3.05) is 11.9 Å². The van der Waals surface area contributed by atoms with E-state index in [2.05, 4.69) is 30.4 Å². The highest BCUT2D eigenvalue weighted by Crippen LogP contribution is 2.32. The molecule has 0 bridgehead atoms. The van der Waals surface area contributed by atoms with Gasteiger partial charge in [0.25, 0.3) is 0 Å². The van der Waals surface area contributed by atoms with Gasteiger partial charge in [-0.3, -0.25) is 0 Å². The smallest absolute Gasteiger partial charge is 0.0810 e. The number of aliphatic hydroxyl groups excluding tert-OH is 1. The molecule has 1 heterocycles. The van der Waals surface area contributed by atoms with Crippen LogP contribution in [0.1, 0.15) is 62.7 Å². The van der Waals surface area contributed by atoms with Crippen LogP contribution in [0.2, 0.25) is 0 Å². The number of nitrogens with one attached hydrogen (secondary N) is 1. The summed E-state index contributed by atoms with van der Waals surface area (Å²) in [5, 5.41) is 13.7. The van der Waals surface area contributed by atoms with E-state index in [1.165, 1.54) is 36.9 Å². The Morgan fingerprint density at radius 1 is 1.22 bits per heavy atom. The number of benzene rings is 1. The lowest BCUT2D eigenvalue weighted by molar-refractivity contribution is 0.164. The second-order valence-corrected chi connectivity index (χ2v) is 5.28. The van der Waals surface area contributed by atoms with Gasteiger partial charge in [0.05, 0.1) is 6.10 Å². The van der Waals surface area contributed by atoms with Crippen molar-refractivity contribution in [2.45, 2.75) is 58.0 Å². The van der Waals surface area contributed by atoms with E-state index in [1.807, 2.05) is 0 Å². The van der Waals surface area contributed by atoms with Gasteiger partial charge in [-0.2, -0.15) is 0 Å². The van der Waals surface area contributed by atoms with E-state index in [4.69, 9.17) is 0 Å². The predicted molar refractivity (Wildman–Crippen MR) is 77.0 cm³/mol. The lowest BCUT2D eigenvalue weighted by Crippen LogP contribution is -2.02. The minimum absolute atomic E-state index is 0.299. The standard InChI is InChI=1S/C16H25NO/c1-2-3-4-5-6-10-15(18)14-9-7-8-13-11-12-17-16(13)14/h7-9,15,17-18H,2-6,10-12H2,1H3. The van der Waals surface area contributed by atoms with E-state index in [0.717, 1.165) is 31.4 Å². The van der Waals surface area contributed by atoms with E-state index in [-0.39, 0.29) is 6.10 Å². The van der Waals surface area contributed by atoms with E-state index >= 15 is 0 Å². The van der Waals surface area contributed by atoms with Crippen LogP contribution in [0.25, 0.3) is 0 Å². The zero-order valence-electron chi connectivity index (χ0n) is 11.4. The molecule has 0 spiro atoms. The summed E-state index contributed by atoms with van der Waals surface area (Å²) in [6.45, 7) is 3.24. The van der Waals surface area contributed by atoms with E-state index in [9.17, 15) is 5.11 Å². The van der Waals surface area contributed by atoms with Crippen LogP contribution in [0.4, 0.5) is 5.69 Å². The molecule has 1 aromatic carbocycles. The van der Waals surface area contributed by atoms with Crippen molar-refractivity contribution < 1.29 is 5.11 Å². The average Bonchev–Trinajstić information content (AvgIpc) is 2.86. The van der Waals surface area contributed by atoms with Crippen molar-refractivity contribution in [3.8, 4) is 0 Å². The van der Waals surface area contributed by atoms with Crippen LogP contribution in [-0.4, -0.2) is 11.7 Å². The van der Waals surface area contributed by atoms with Gasteiger partial charge in [-0.1, -0.05) is 57.2 Å². The molecule has 1 aliphatic rings. The molecule has 0 aromatic heterocycles. The van der Waals surface area contributed by atoms with Crippen LogP contribution in [0, 0.1) is 0 Å². The van der Waals surface area contributed by atoms with Gasteiger partial charge >= 0.3 is 0 Å². The van der Waals surface area contributed by atoms with Crippen LogP contribution in [0.15, 0.2) is 18.2 Å².